The summed E-state index contributed by atoms with van der Waals surface area (Å²) >= 11 is 0. The van der Waals surface area contributed by atoms with E-state index in [1.807, 2.05) is 18.3 Å². The number of amides is 1. The van der Waals surface area contributed by atoms with E-state index in [1.54, 1.807) is 0 Å². The number of likely N-dealkylation sites (tertiary alicyclic amines) is 1. The van der Waals surface area contributed by atoms with Gasteiger partial charge in [0.25, 0.3) is 0 Å². The summed E-state index contributed by atoms with van der Waals surface area (Å²) in [5.74, 6) is 2.45. The van der Waals surface area contributed by atoms with Crippen LogP contribution < -0.4 is 10.6 Å². The second kappa shape index (κ2) is 10.9. The number of hydrogen-bond acceptors (Lipinski definition) is 6. The monoisotopic (exact) mass is 477 g/mol. The number of carbonyl (C=O) groups excluding carboxylic acids is 1. The lowest BCUT2D eigenvalue weighted by atomic mass is 9.89. The molecule has 7 heteroatoms. The highest BCUT2D eigenvalue weighted by molar-refractivity contribution is 5.79. The van der Waals surface area contributed by atoms with Crippen molar-refractivity contribution in [3.8, 4) is 0 Å². The van der Waals surface area contributed by atoms with Crippen molar-refractivity contribution in [2.45, 2.75) is 89.2 Å². The zero-order chi connectivity index (χ0) is 24.2. The summed E-state index contributed by atoms with van der Waals surface area (Å²) in [6, 6.07) is 8.52. The summed E-state index contributed by atoms with van der Waals surface area (Å²) in [4.78, 5) is 24.6. The van der Waals surface area contributed by atoms with E-state index in [0.29, 0.717) is 23.8 Å². The minimum Gasteiger partial charge on any atom is -0.393 e. The van der Waals surface area contributed by atoms with Gasteiger partial charge in [0.05, 0.1) is 6.10 Å². The molecular weight excluding hydrogens is 438 g/mol. The molecule has 0 atom stereocenters. The average Bonchev–Trinajstić information content (AvgIpc) is 3.41. The second-order valence-corrected chi connectivity index (χ2v) is 10.7. The molecule has 2 aliphatic carbocycles. The number of benzene rings is 1. The number of anilines is 3. The van der Waals surface area contributed by atoms with Gasteiger partial charge in [0.1, 0.15) is 5.82 Å². The lowest BCUT2D eigenvalue weighted by Gasteiger charge is -2.35. The van der Waals surface area contributed by atoms with Gasteiger partial charge in [-0.1, -0.05) is 25.0 Å². The Hall–Kier alpha value is -2.67. The molecule has 0 unspecified atom stereocenters. The minimum atomic E-state index is -0.182. The maximum Gasteiger partial charge on any atom is 0.229 e. The third-order valence-electron chi connectivity index (χ3n) is 8.08. The molecule has 0 bridgehead atoms. The smallest absolute Gasteiger partial charge is 0.229 e. The summed E-state index contributed by atoms with van der Waals surface area (Å²) in [6.07, 6.45) is 11.7. The zero-order valence-corrected chi connectivity index (χ0v) is 20.9. The number of aryl methyl sites for hydroxylation is 1. The summed E-state index contributed by atoms with van der Waals surface area (Å²) in [7, 11) is 0. The molecule has 1 amide bonds. The quantitative estimate of drug-likeness (QED) is 0.534. The molecule has 188 valence electrons. The fourth-order valence-corrected chi connectivity index (χ4v) is 5.97. The molecule has 7 nitrogen and oxygen atoms in total. The van der Waals surface area contributed by atoms with Crippen LogP contribution in [0.15, 0.2) is 30.5 Å². The molecule has 2 heterocycles. The highest BCUT2D eigenvalue weighted by atomic mass is 16.3. The van der Waals surface area contributed by atoms with Crippen molar-refractivity contribution < 1.29 is 9.90 Å². The van der Waals surface area contributed by atoms with Gasteiger partial charge >= 0.3 is 0 Å². The summed E-state index contributed by atoms with van der Waals surface area (Å²) in [6.45, 7) is 3.71. The zero-order valence-electron chi connectivity index (χ0n) is 20.9. The van der Waals surface area contributed by atoms with Gasteiger partial charge in [-0.3, -0.25) is 4.79 Å². The predicted octanol–water partition coefficient (Wildman–Crippen LogP) is 5.14. The molecule has 1 saturated heterocycles. The second-order valence-electron chi connectivity index (χ2n) is 10.7. The van der Waals surface area contributed by atoms with E-state index in [0.717, 1.165) is 81.5 Å². The highest BCUT2D eigenvalue weighted by Gasteiger charge is 2.32. The van der Waals surface area contributed by atoms with Crippen LogP contribution in [-0.2, 0) is 4.79 Å². The molecule has 2 aromatic rings. The van der Waals surface area contributed by atoms with Crippen molar-refractivity contribution in [1.82, 2.24) is 14.9 Å². The minimum absolute atomic E-state index is 0.182. The molecule has 3 fully saturated rings. The maximum atomic E-state index is 12.9. The van der Waals surface area contributed by atoms with Crippen molar-refractivity contribution in [3.63, 3.8) is 0 Å². The van der Waals surface area contributed by atoms with Crippen LogP contribution in [0.1, 0.15) is 81.3 Å². The van der Waals surface area contributed by atoms with Crippen molar-refractivity contribution in [3.05, 3.63) is 41.6 Å². The van der Waals surface area contributed by atoms with Crippen LogP contribution in [0.4, 0.5) is 17.5 Å². The van der Waals surface area contributed by atoms with E-state index in [9.17, 15) is 9.90 Å². The predicted molar refractivity (Wildman–Crippen MR) is 139 cm³/mol. The van der Waals surface area contributed by atoms with Gasteiger partial charge in [-0.25, -0.2) is 4.98 Å². The first kappa shape index (κ1) is 24.0. The Bertz CT molecular complexity index is 1010. The SMILES string of the molecule is Cc1cccc(Nc2ncc(C3CCN(C(=O)C4CCCC4)CC3)c(NC3CCC(O)CC3)n2)c1. The van der Waals surface area contributed by atoms with Crippen LogP contribution in [0.2, 0.25) is 0 Å². The number of rotatable bonds is 6. The largest absolute Gasteiger partial charge is 0.393 e. The standard InChI is InChI=1S/C28H39N5O2/c1-19-5-4-8-23(17-19)31-28-29-18-25(26(32-28)30-22-9-11-24(34)12-10-22)20-13-15-33(16-14-20)27(35)21-6-2-3-7-21/h4-5,8,17-18,20-22,24,34H,2-3,6-7,9-16H2,1H3,(H2,29,30,31,32). The van der Waals surface area contributed by atoms with Crippen LogP contribution >= 0.6 is 0 Å². The molecule has 3 aliphatic rings. The number of nitrogens with one attached hydrogen (secondary N) is 2. The Balaban J connectivity index is 1.31. The maximum absolute atomic E-state index is 12.9. The Labute approximate surface area is 208 Å². The lowest BCUT2D eigenvalue weighted by molar-refractivity contribution is -0.136. The summed E-state index contributed by atoms with van der Waals surface area (Å²) in [5, 5.41) is 17.0. The van der Waals surface area contributed by atoms with E-state index in [-0.39, 0.29) is 12.0 Å². The molecule has 2 saturated carbocycles. The first-order chi connectivity index (χ1) is 17.0. The van der Waals surface area contributed by atoms with Crippen molar-refractivity contribution in [1.29, 1.82) is 0 Å². The summed E-state index contributed by atoms with van der Waals surface area (Å²) in [5.41, 5.74) is 3.31. The molecule has 1 aromatic carbocycles. The van der Waals surface area contributed by atoms with Crippen LogP contribution in [0.3, 0.4) is 0 Å². The van der Waals surface area contributed by atoms with E-state index < -0.39 is 0 Å². The van der Waals surface area contributed by atoms with E-state index in [4.69, 9.17) is 4.98 Å². The number of aliphatic hydroxyl groups is 1. The van der Waals surface area contributed by atoms with Crippen LogP contribution in [0.25, 0.3) is 0 Å². The van der Waals surface area contributed by atoms with Gasteiger partial charge in [0.15, 0.2) is 0 Å². The van der Waals surface area contributed by atoms with Crippen molar-refractivity contribution in [2.24, 2.45) is 5.92 Å². The topological polar surface area (TPSA) is 90.4 Å². The van der Waals surface area contributed by atoms with E-state index >= 15 is 0 Å². The third kappa shape index (κ3) is 5.95. The Morgan fingerprint density at radius 2 is 1.77 bits per heavy atom. The number of piperidine rings is 1. The molecule has 1 aromatic heterocycles. The van der Waals surface area contributed by atoms with E-state index in [1.165, 1.54) is 18.4 Å². The van der Waals surface area contributed by atoms with Gasteiger partial charge in [-0.15, -0.1) is 0 Å². The fraction of sp³-hybridized carbons (Fsp3) is 0.607. The van der Waals surface area contributed by atoms with Gasteiger partial charge in [0, 0.05) is 42.5 Å². The Morgan fingerprint density at radius 1 is 1.03 bits per heavy atom. The number of aromatic nitrogens is 2. The van der Waals surface area contributed by atoms with Gasteiger partial charge in [-0.2, -0.15) is 4.98 Å². The summed E-state index contributed by atoms with van der Waals surface area (Å²) < 4.78 is 0. The fourth-order valence-electron chi connectivity index (χ4n) is 5.97. The van der Waals surface area contributed by atoms with Gasteiger partial charge in [-0.05, 0) is 81.9 Å². The van der Waals surface area contributed by atoms with Crippen molar-refractivity contribution >= 4 is 23.4 Å². The van der Waals surface area contributed by atoms with Crippen LogP contribution in [-0.4, -0.2) is 51.1 Å². The van der Waals surface area contributed by atoms with Gasteiger partial charge in [0.2, 0.25) is 11.9 Å². The van der Waals surface area contributed by atoms with Crippen molar-refractivity contribution in [2.75, 3.05) is 23.7 Å². The molecular formula is C28H39N5O2. The molecule has 0 radical (unpaired) electrons. The Morgan fingerprint density at radius 3 is 2.49 bits per heavy atom. The lowest BCUT2D eigenvalue weighted by Crippen LogP contribution is -2.41. The Kier molecular flexibility index (Phi) is 7.51. The van der Waals surface area contributed by atoms with E-state index in [2.05, 4.69) is 39.6 Å². The number of carbonyl (C=O) groups is 1. The third-order valence-corrected chi connectivity index (χ3v) is 8.08. The van der Waals surface area contributed by atoms with Crippen LogP contribution in [0, 0.1) is 12.8 Å². The normalized spacial score (nSPS) is 23.9. The number of hydrogen-bond donors (Lipinski definition) is 3. The van der Waals surface area contributed by atoms with Gasteiger partial charge < -0.3 is 20.6 Å². The molecule has 1 aliphatic heterocycles. The first-order valence-electron chi connectivity index (χ1n) is 13.5. The highest BCUT2D eigenvalue weighted by Crippen LogP contribution is 2.35. The molecule has 5 rings (SSSR count). The first-order valence-corrected chi connectivity index (χ1v) is 13.5. The number of aliphatic hydroxyl groups excluding tert-OH is 1. The molecule has 3 N–H and O–H groups in total. The van der Waals surface area contributed by atoms with Crippen LogP contribution in [0.5, 0.6) is 0 Å². The molecule has 0 spiro atoms. The molecule has 35 heavy (non-hydrogen) atoms. The average molecular weight is 478 g/mol. The number of nitrogens with zero attached hydrogens (tertiary/aromatic N) is 3.